The third-order valence-corrected chi connectivity index (χ3v) is 2.84. The lowest BCUT2D eigenvalue weighted by molar-refractivity contribution is -0.126. The Labute approximate surface area is 138 Å². The Balaban J connectivity index is 3.51. The summed E-state index contributed by atoms with van der Waals surface area (Å²) in [7, 11) is 0. The Morgan fingerprint density at radius 3 is 2.13 bits per heavy atom. The van der Waals surface area contributed by atoms with Crippen molar-refractivity contribution in [1.29, 1.82) is 0 Å². The molecule has 0 aliphatic rings. The predicted octanol–water partition coefficient (Wildman–Crippen LogP) is -0.728. The molecule has 0 saturated heterocycles. The van der Waals surface area contributed by atoms with Gasteiger partial charge in [0.2, 0.25) is 12.3 Å². The highest BCUT2D eigenvalue weighted by molar-refractivity contribution is 5.83. The lowest BCUT2D eigenvalue weighted by atomic mass is 10.0. The molecule has 0 aromatic rings. The van der Waals surface area contributed by atoms with Crippen LogP contribution in [0.15, 0.2) is 0 Å². The van der Waals surface area contributed by atoms with E-state index in [9.17, 15) is 9.59 Å². The molecule has 136 valence electrons. The highest BCUT2D eigenvalue weighted by atomic mass is 16.5. The zero-order chi connectivity index (χ0) is 17.3. The van der Waals surface area contributed by atoms with Gasteiger partial charge in [-0.25, -0.2) is 0 Å². The van der Waals surface area contributed by atoms with Gasteiger partial charge in [-0.15, -0.1) is 0 Å². The molecule has 0 aliphatic heterocycles. The number of nitrogens with two attached hydrogens (primary N) is 1. The Kier molecular flexibility index (Phi) is 14.8. The first kappa shape index (κ1) is 21.8. The summed E-state index contributed by atoms with van der Waals surface area (Å²) in [6, 6.07) is -0.496. The fraction of sp³-hybridized carbons (Fsp3) is 0.867. The lowest BCUT2D eigenvalue weighted by Gasteiger charge is -2.17. The van der Waals surface area contributed by atoms with E-state index in [0.717, 1.165) is 0 Å². The van der Waals surface area contributed by atoms with E-state index in [2.05, 4.69) is 10.6 Å². The average Bonchev–Trinajstić information content (AvgIpc) is 2.51. The molecule has 0 heterocycles. The first-order valence-corrected chi connectivity index (χ1v) is 8.02. The van der Waals surface area contributed by atoms with Crippen molar-refractivity contribution >= 4 is 12.3 Å². The first-order chi connectivity index (χ1) is 11.1. The summed E-state index contributed by atoms with van der Waals surface area (Å²) in [5.74, 6) is 0.128. The van der Waals surface area contributed by atoms with Crippen molar-refractivity contribution < 1.29 is 23.8 Å². The monoisotopic (exact) mass is 333 g/mol. The average molecular weight is 333 g/mol. The van der Waals surface area contributed by atoms with Crippen LogP contribution in [0, 0.1) is 5.92 Å². The molecule has 8 heteroatoms. The number of rotatable bonds is 16. The summed E-state index contributed by atoms with van der Waals surface area (Å²) in [4.78, 5) is 22.4. The molecule has 1 atom stereocenters. The van der Waals surface area contributed by atoms with E-state index >= 15 is 0 Å². The quantitative estimate of drug-likeness (QED) is 0.254. The molecule has 23 heavy (non-hydrogen) atoms. The van der Waals surface area contributed by atoms with Crippen LogP contribution in [0.3, 0.4) is 0 Å². The molecule has 0 rings (SSSR count). The van der Waals surface area contributed by atoms with Crippen molar-refractivity contribution in [2.24, 2.45) is 11.7 Å². The van der Waals surface area contributed by atoms with Gasteiger partial charge in [-0.2, -0.15) is 0 Å². The van der Waals surface area contributed by atoms with Gasteiger partial charge in [-0.05, 0) is 12.3 Å². The van der Waals surface area contributed by atoms with Crippen LogP contribution in [0.25, 0.3) is 0 Å². The van der Waals surface area contributed by atoms with Crippen LogP contribution in [0.2, 0.25) is 0 Å². The maximum absolute atomic E-state index is 11.9. The van der Waals surface area contributed by atoms with Gasteiger partial charge in [0.25, 0.3) is 0 Å². The normalized spacial score (nSPS) is 12.2. The molecule has 0 aromatic carbocycles. The molecule has 0 saturated carbocycles. The Morgan fingerprint density at radius 2 is 1.61 bits per heavy atom. The maximum Gasteiger partial charge on any atom is 0.242 e. The van der Waals surface area contributed by atoms with Crippen molar-refractivity contribution in [2.75, 3.05) is 52.7 Å². The number of hydrogen-bond acceptors (Lipinski definition) is 6. The second-order valence-corrected chi connectivity index (χ2v) is 5.38. The molecule has 0 fully saturated rings. The largest absolute Gasteiger partial charge is 0.378 e. The second-order valence-electron chi connectivity index (χ2n) is 5.38. The van der Waals surface area contributed by atoms with Crippen LogP contribution < -0.4 is 16.4 Å². The van der Waals surface area contributed by atoms with Gasteiger partial charge in [0.05, 0.1) is 39.6 Å². The molecule has 2 amide bonds. The molecular formula is C15H31N3O5. The summed E-state index contributed by atoms with van der Waals surface area (Å²) in [6.45, 7) is 7.79. The SMILES string of the molecule is CC(C)CC(NC=O)C(=O)NCCOCCOCCOCCN. The van der Waals surface area contributed by atoms with Crippen molar-refractivity contribution in [2.45, 2.75) is 26.3 Å². The summed E-state index contributed by atoms with van der Waals surface area (Å²) in [5, 5.41) is 5.27. The third-order valence-electron chi connectivity index (χ3n) is 2.84. The molecular weight excluding hydrogens is 302 g/mol. The number of nitrogens with one attached hydrogen (secondary N) is 2. The Hall–Kier alpha value is -1.22. The van der Waals surface area contributed by atoms with Gasteiger partial charge in [-0.3, -0.25) is 9.59 Å². The number of carbonyl (C=O) groups excluding carboxylic acids is 2. The molecule has 0 spiro atoms. The molecule has 0 aromatic heterocycles. The van der Waals surface area contributed by atoms with Gasteiger partial charge in [0.15, 0.2) is 0 Å². The Morgan fingerprint density at radius 1 is 1.04 bits per heavy atom. The lowest BCUT2D eigenvalue weighted by Crippen LogP contribution is -2.45. The molecule has 4 N–H and O–H groups in total. The Bertz CT molecular complexity index is 303. The van der Waals surface area contributed by atoms with Crippen LogP contribution >= 0.6 is 0 Å². The van der Waals surface area contributed by atoms with Gasteiger partial charge in [-0.1, -0.05) is 13.8 Å². The minimum Gasteiger partial charge on any atom is -0.378 e. The zero-order valence-electron chi connectivity index (χ0n) is 14.2. The predicted molar refractivity (Wildman–Crippen MR) is 87.0 cm³/mol. The number of carbonyl (C=O) groups is 2. The van der Waals surface area contributed by atoms with Crippen LogP contribution in [0.4, 0.5) is 0 Å². The fourth-order valence-corrected chi connectivity index (χ4v) is 1.80. The number of hydrogen-bond donors (Lipinski definition) is 3. The zero-order valence-corrected chi connectivity index (χ0v) is 14.2. The highest BCUT2D eigenvalue weighted by Gasteiger charge is 2.18. The molecule has 0 aliphatic carbocycles. The van der Waals surface area contributed by atoms with Gasteiger partial charge >= 0.3 is 0 Å². The summed E-state index contributed by atoms with van der Waals surface area (Å²) < 4.78 is 15.8. The van der Waals surface area contributed by atoms with Crippen molar-refractivity contribution in [3.63, 3.8) is 0 Å². The van der Waals surface area contributed by atoms with E-state index in [4.69, 9.17) is 19.9 Å². The van der Waals surface area contributed by atoms with E-state index in [1.165, 1.54) is 0 Å². The summed E-state index contributed by atoms with van der Waals surface area (Å²) >= 11 is 0. The van der Waals surface area contributed by atoms with Crippen molar-refractivity contribution in [1.82, 2.24) is 10.6 Å². The molecule has 0 radical (unpaired) electrons. The number of amides is 2. The standard InChI is InChI=1S/C15H31N3O5/c1-13(2)11-14(18-12-19)15(20)17-4-6-22-8-10-23-9-7-21-5-3-16/h12-14H,3-11,16H2,1-2H3,(H,17,20)(H,18,19). The van der Waals surface area contributed by atoms with Crippen molar-refractivity contribution in [3.05, 3.63) is 0 Å². The second kappa shape index (κ2) is 15.7. The molecule has 8 nitrogen and oxygen atoms in total. The fourth-order valence-electron chi connectivity index (χ4n) is 1.80. The number of ether oxygens (including phenoxy) is 3. The van der Waals surface area contributed by atoms with E-state index in [1.54, 1.807) is 0 Å². The minimum absolute atomic E-state index is 0.192. The van der Waals surface area contributed by atoms with Gasteiger partial charge < -0.3 is 30.6 Å². The van der Waals surface area contributed by atoms with E-state index in [1.807, 2.05) is 13.8 Å². The minimum atomic E-state index is -0.496. The topological polar surface area (TPSA) is 112 Å². The highest BCUT2D eigenvalue weighted by Crippen LogP contribution is 2.04. The van der Waals surface area contributed by atoms with Crippen LogP contribution in [0.5, 0.6) is 0 Å². The van der Waals surface area contributed by atoms with Crippen LogP contribution in [-0.4, -0.2) is 71.1 Å². The van der Waals surface area contributed by atoms with E-state index < -0.39 is 6.04 Å². The first-order valence-electron chi connectivity index (χ1n) is 8.02. The van der Waals surface area contributed by atoms with E-state index in [-0.39, 0.29) is 5.91 Å². The van der Waals surface area contributed by atoms with Crippen molar-refractivity contribution in [3.8, 4) is 0 Å². The van der Waals surface area contributed by atoms with E-state index in [0.29, 0.717) is 71.5 Å². The third kappa shape index (κ3) is 14.1. The summed E-state index contributed by atoms with van der Waals surface area (Å²) in [6.07, 6.45) is 1.16. The maximum atomic E-state index is 11.9. The van der Waals surface area contributed by atoms with Crippen LogP contribution in [-0.2, 0) is 23.8 Å². The van der Waals surface area contributed by atoms with Gasteiger partial charge in [0, 0.05) is 13.1 Å². The smallest absolute Gasteiger partial charge is 0.242 e. The molecule has 1 unspecified atom stereocenters. The summed E-state index contributed by atoms with van der Waals surface area (Å²) in [5.41, 5.74) is 5.28. The van der Waals surface area contributed by atoms with Gasteiger partial charge in [0.1, 0.15) is 6.04 Å². The molecule has 0 bridgehead atoms. The van der Waals surface area contributed by atoms with Crippen LogP contribution in [0.1, 0.15) is 20.3 Å².